The molecule has 1 N–H and O–H groups in total. The zero-order valence-corrected chi connectivity index (χ0v) is 18.8. The van der Waals surface area contributed by atoms with Crippen LogP contribution in [-0.2, 0) is 11.3 Å². The fraction of sp³-hybridized carbons (Fsp3) is 0.0455. The van der Waals surface area contributed by atoms with Crippen LogP contribution in [0.15, 0.2) is 63.9 Å². The van der Waals surface area contributed by atoms with Crippen LogP contribution in [0.2, 0.25) is 10.0 Å². The average molecular weight is 490 g/mol. The highest BCUT2D eigenvalue weighted by Gasteiger charge is 2.32. The summed E-state index contributed by atoms with van der Waals surface area (Å²) < 4.78 is 6.26. The lowest BCUT2D eigenvalue weighted by Gasteiger charge is -2.14. The van der Waals surface area contributed by atoms with Crippen molar-refractivity contribution in [3.63, 3.8) is 0 Å². The highest BCUT2D eigenvalue weighted by Crippen LogP contribution is 2.35. The number of thiocarbonyl (C=S) groups is 1. The zero-order chi connectivity index (χ0) is 22.1. The lowest BCUT2D eigenvalue weighted by atomic mass is 10.1. The van der Waals surface area contributed by atoms with Gasteiger partial charge in [0.05, 0.1) is 27.1 Å². The predicted octanol–water partition coefficient (Wildman–Crippen LogP) is 6.35. The van der Waals surface area contributed by atoms with Gasteiger partial charge in [0.2, 0.25) is 0 Å². The topological polar surface area (TPSA) is 70.8 Å². The standard InChI is InChI=1S/C22H13Cl2NO4S2/c23-16-7-1-12(9-17(16)24)11-25-20(26)19(31-22(25)30)10-15-6-8-18(29-15)13-2-4-14(5-3-13)21(27)28/h1-10H,11H2,(H,27,28). The van der Waals surface area contributed by atoms with Gasteiger partial charge in [-0.3, -0.25) is 9.69 Å². The van der Waals surface area contributed by atoms with Crippen molar-refractivity contribution in [1.82, 2.24) is 4.90 Å². The van der Waals surface area contributed by atoms with Crippen molar-refractivity contribution in [3.05, 3.63) is 86.4 Å². The molecular weight excluding hydrogens is 477 g/mol. The molecule has 1 aliphatic heterocycles. The predicted molar refractivity (Wildman–Crippen MR) is 126 cm³/mol. The highest BCUT2D eigenvalue weighted by molar-refractivity contribution is 8.26. The molecule has 0 bridgehead atoms. The minimum atomic E-state index is -0.991. The molecule has 0 atom stereocenters. The second-order valence-electron chi connectivity index (χ2n) is 6.60. The second-order valence-corrected chi connectivity index (χ2v) is 9.09. The third-order valence-electron chi connectivity index (χ3n) is 4.51. The van der Waals surface area contributed by atoms with Gasteiger partial charge in [-0.25, -0.2) is 4.79 Å². The molecular formula is C22H13Cl2NO4S2. The first-order chi connectivity index (χ1) is 14.8. The minimum absolute atomic E-state index is 0.196. The minimum Gasteiger partial charge on any atom is -0.478 e. The largest absolute Gasteiger partial charge is 0.478 e. The Kier molecular flexibility index (Phi) is 6.20. The van der Waals surface area contributed by atoms with Gasteiger partial charge in [0.15, 0.2) is 0 Å². The molecule has 0 saturated carbocycles. The van der Waals surface area contributed by atoms with E-state index in [1.807, 2.05) is 0 Å². The fourth-order valence-corrected chi connectivity index (χ4v) is 4.50. The van der Waals surface area contributed by atoms with Gasteiger partial charge in [-0.05, 0) is 42.0 Å². The van der Waals surface area contributed by atoms with Crippen LogP contribution in [-0.4, -0.2) is 26.2 Å². The Morgan fingerprint density at radius 2 is 1.84 bits per heavy atom. The summed E-state index contributed by atoms with van der Waals surface area (Å²) in [5, 5.41) is 9.87. The molecule has 0 radical (unpaired) electrons. The highest BCUT2D eigenvalue weighted by atomic mass is 35.5. The van der Waals surface area contributed by atoms with E-state index in [0.717, 1.165) is 11.1 Å². The van der Waals surface area contributed by atoms with Crippen LogP contribution < -0.4 is 0 Å². The van der Waals surface area contributed by atoms with Gasteiger partial charge in [-0.2, -0.15) is 0 Å². The number of thioether (sulfide) groups is 1. The van der Waals surface area contributed by atoms with E-state index in [9.17, 15) is 9.59 Å². The quantitative estimate of drug-likeness (QED) is 0.332. The number of carboxylic acid groups (broad SMARTS) is 1. The molecule has 0 unspecified atom stereocenters. The Morgan fingerprint density at radius 3 is 2.52 bits per heavy atom. The van der Waals surface area contributed by atoms with E-state index in [-0.39, 0.29) is 18.0 Å². The summed E-state index contributed by atoms with van der Waals surface area (Å²) in [6, 6.07) is 15.0. The average Bonchev–Trinajstić information content (AvgIpc) is 3.31. The lowest BCUT2D eigenvalue weighted by molar-refractivity contribution is -0.122. The fourth-order valence-electron chi connectivity index (χ4n) is 2.95. The first kappa shape index (κ1) is 21.6. The maximum absolute atomic E-state index is 12.8. The summed E-state index contributed by atoms with van der Waals surface area (Å²) in [6.45, 7) is 0.290. The number of furan rings is 1. The summed E-state index contributed by atoms with van der Waals surface area (Å²) in [7, 11) is 0. The number of amides is 1. The van der Waals surface area contributed by atoms with E-state index in [2.05, 4.69) is 0 Å². The Morgan fingerprint density at radius 1 is 1.10 bits per heavy atom. The van der Waals surface area contributed by atoms with E-state index >= 15 is 0 Å². The zero-order valence-electron chi connectivity index (χ0n) is 15.7. The monoisotopic (exact) mass is 489 g/mol. The molecule has 2 heterocycles. The van der Waals surface area contributed by atoms with Gasteiger partial charge in [-0.1, -0.05) is 65.4 Å². The normalized spacial score (nSPS) is 15.2. The molecule has 4 rings (SSSR count). The maximum Gasteiger partial charge on any atom is 0.335 e. The maximum atomic E-state index is 12.8. The SMILES string of the molecule is O=C(O)c1ccc(-c2ccc(C=C3SC(=S)N(Cc4ccc(Cl)c(Cl)c4)C3=O)o2)cc1. The van der Waals surface area contributed by atoms with Crippen LogP contribution in [0.25, 0.3) is 17.4 Å². The lowest BCUT2D eigenvalue weighted by Crippen LogP contribution is -2.27. The van der Waals surface area contributed by atoms with E-state index in [1.54, 1.807) is 48.5 Å². The Labute approximate surface area is 197 Å². The molecule has 0 spiro atoms. The van der Waals surface area contributed by atoms with E-state index in [0.29, 0.717) is 30.8 Å². The summed E-state index contributed by atoms with van der Waals surface area (Å²) in [5.74, 6) is -0.152. The Bertz CT molecular complexity index is 1230. The number of carboxylic acids is 1. The third kappa shape index (κ3) is 4.70. The third-order valence-corrected chi connectivity index (χ3v) is 6.63. The van der Waals surface area contributed by atoms with Crippen LogP contribution in [0.5, 0.6) is 0 Å². The van der Waals surface area contributed by atoms with Crippen molar-refractivity contribution >= 4 is 69.5 Å². The first-order valence-electron chi connectivity index (χ1n) is 8.94. The number of carbonyl (C=O) groups excluding carboxylic acids is 1. The number of nitrogens with zero attached hydrogens (tertiary/aromatic N) is 1. The van der Waals surface area contributed by atoms with E-state index in [4.69, 9.17) is 44.9 Å². The number of hydrogen-bond donors (Lipinski definition) is 1. The number of carbonyl (C=O) groups is 2. The Hall–Kier alpha value is -2.58. The van der Waals surface area contributed by atoms with Crippen molar-refractivity contribution in [2.24, 2.45) is 0 Å². The van der Waals surface area contributed by atoms with Crippen molar-refractivity contribution in [1.29, 1.82) is 0 Å². The molecule has 1 saturated heterocycles. The summed E-state index contributed by atoms with van der Waals surface area (Å²) in [4.78, 5) is 25.8. The molecule has 3 aromatic rings. The molecule has 31 heavy (non-hydrogen) atoms. The van der Waals surface area contributed by atoms with Crippen molar-refractivity contribution in [2.45, 2.75) is 6.54 Å². The number of benzene rings is 2. The Balaban J connectivity index is 1.51. The van der Waals surface area contributed by atoms with Crippen LogP contribution in [0.3, 0.4) is 0 Å². The number of halogens is 2. The molecule has 2 aromatic carbocycles. The molecule has 9 heteroatoms. The van der Waals surface area contributed by atoms with Gasteiger partial charge in [0, 0.05) is 11.6 Å². The molecule has 1 aliphatic rings. The van der Waals surface area contributed by atoms with E-state index in [1.165, 1.54) is 28.8 Å². The van der Waals surface area contributed by atoms with Crippen molar-refractivity contribution in [2.75, 3.05) is 0 Å². The number of aromatic carboxylic acids is 1. The smallest absolute Gasteiger partial charge is 0.335 e. The van der Waals surface area contributed by atoms with Crippen molar-refractivity contribution < 1.29 is 19.1 Å². The molecule has 1 amide bonds. The summed E-state index contributed by atoms with van der Waals surface area (Å²) in [5.41, 5.74) is 1.75. The molecule has 0 aliphatic carbocycles. The second kappa shape index (κ2) is 8.88. The van der Waals surface area contributed by atoms with Crippen molar-refractivity contribution in [3.8, 4) is 11.3 Å². The van der Waals surface area contributed by atoms with Gasteiger partial charge >= 0.3 is 5.97 Å². The molecule has 5 nitrogen and oxygen atoms in total. The summed E-state index contributed by atoms with van der Waals surface area (Å²) in [6.07, 6.45) is 1.64. The number of rotatable bonds is 5. The van der Waals surface area contributed by atoms with Crippen LogP contribution >= 0.6 is 47.2 Å². The first-order valence-corrected chi connectivity index (χ1v) is 10.9. The van der Waals surface area contributed by atoms with Gasteiger partial charge in [-0.15, -0.1) is 0 Å². The van der Waals surface area contributed by atoms with Gasteiger partial charge in [0.25, 0.3) is 5.91 Å². The van der Waals surface area contributed by atoms with Gasteiger partial charge < -0.3 is 9.52 Å². The van der Waals surface area contributed by atoms with Crippen LogP contribution in [0, 0.1) is 0 Å². The molecule has 1 aromatic heterocycles. The molecule has 156 valence electrons. The summed E-state index contributed by atoms with van der Waals surface area (Å²) >= 11 is 18.6. The molecule has 1 fully saturated rings. The van der Waals surface area contributed by atoms with Crippen LogP contribution in [0.1, 0.15) is 21.7 Å². The van der Waals surface area contributed by atoms with Gasteiger partial charge in [0.1, 0.15) is 15.8 Å². The van der Waals surface area contributed by atoms with E-state index < -0.39 is 5.97 Å². The van der Waals surface area contributed by atoms with Crippen LogP contribution in [0.4, 0.5) is 0 Å². The number of hydrogen-bond acceptors (Lipinski definition) is 5.